The molecule has 0 fully saturated rings. The molecule has 2 atom stereocenters. The van der Waals surface area contributed by atoms with Gasteiger partial charge in [-0.25, -0.2) is 9.40 Å². The van der Waals surface area contributed by atoms with Gasteiger partial charge in [0.1, 0.15) is 22.6 Å². The second-order valence-corrected chi connectivity index (χ2v) is 10.4. The fourth-order valence-electron chi connectivity index (χ4n) is 4.42. The number of rotatable bonds is 7. The molecule has 200 valence electrons. The molecule has 0 saturated heterocycles. The van der Waals surface area contributed by atoms with Gasteiger partial charge in [-0.3, -0.25) is 9.59 Å². The zero-order chi connectivity index (χ0) is 27.5. The van der Waals surface area contributed by atoms with Crippen molar-refractivity contribution in [2.45, 2.75) is 31.1 Å². The Bertz CT molecular complexity index is 1430. The molecule has 2 aliphatic rings. The highest BCUT2D eigenvalue weighted by molar-refractivity contribution is 8.15. The maximum atomic E-state index is 13.6. The summed E-state index contributed by atoms with van der Waals surface area (Å²) < 4.78 is 24.2. The Kier molecular flexibility index (Phi) is 7.65. The molecule has 0 saturated carbocycles. The van der Waals surface area contributed by atoms with Crippen molar-refractivity contribution in [1.29, 1.82) is 0 Å². The first-order valence-electron chi connectivity index (χ1n) is 12.3. The van der Waals surface area contributed by atoms with Crippen LogP contribution >= 0.6 is 11.8 Å². The lowest BCUT2D eigenvalue weighted by Crippen LogP contribution is -2.25. The Morgan fingerprint density at radius 3 is 2.36 bits per heavy atom. The van der Waals surface area contributed by atoms with Gasteiger partial charge in [0, 0.05) is 36.7 Å². The van der Waals surface area contributed by atoms with E-state index >= 15 is 0 Å². The first-order chi connectivity index (χ1) is 18.8. The Morgan fingerprint density at radius 1 is 1.05 bits per heavy atom. The minimum atomic E-state index is -0.694. The summed E-state index contributed by atoms with van der Waals surface area (Å²) >= 11 is 1.21. The van der Waals surface area contributed by atoms with Crippen molar-refractivity contribution in [2.75, 3.05) is 19.5 Å². The summed E-state index contributed by atoms with van der Waals surface area (Å²) in [6.07, 6.45) is 0.491. The van der Waals surface area contributed by atoms with E-state index in [2.05, 4.69) is 10.3 Å². The number of anilines is 1. The third-order valence-electron chi connectivity index (χ3n) is 6.48. The van der Waals surface area contributed by atoms with Gasteiger partial charge in [0.25, 0.3) is 5.91 Å². The van der Waals surface area contributed by atoms with Gasteiger partial charge in [0.2, 0.25) is 5.91 Å². The number of halogens is 1. The van der Waals surface area contributed by atoms with Crippen molar-refractivity contribution in [2.24, 2.45) is 10.1 Å². The van der Waals surface area contributed by atoms with Crippen LogP contribution in [0.3, 0.4) is 0 Å². The molecule has 0 aromatic heterocycles. The van der Waals surface area contributed by atoms with E-state index in [4.69, 9.17) is 14.6 Å². The summed E-state index contributed by atoms with van der Waals surface area (Å²) in [5, 5.41) is 9.07. The molecule has 0 unspecified atom stereocenters. The normalized spacial score (nSPS) is 18.6. The van der Waals surface area contributed by atoms with Crippen molar-refractivity contribution in [3.63, 3.8) is 0 Å². The molecule has 0 aliphatic carbocycles. The van der Waals surface area contributed by atoms with Crippen molar-refractivity contribution in [3.05, 3.63) is 89.2 Å². The number of benzene rings is 3. The summed E-state index contributed by atoms with van der Waals surface area (Å²) in [5.74, 6) is -0.00182. The number of aryl methyl sites for hydroxylation is 1. The van der Waals surface area contributed by atoms with Crippen molar-refractivity contribution in [3.8, 4) is 11.5 Å². The molecule has 0 bridgehead atoms. The van der Waals surface area contributed by atoms with Crippen LogP contribution in [0.15, 0.2) is 76.8 Å². The number of amides is 2. The number of nitrogens with one attached hydrogen (secondary N) is 1. The maximum Gasteiger partial charge on any atom is 0.262 e. The number of carbonyl (C=O) groups excluding carboxylic acids is 2. The molecular weight excluding hydrogens is 519 g/mol. The number of hydrogen-bond acceptors (Lipinski definition) is 7. The van der Waals surface area contributed by atoms with Crippen LogP contribution in [0.25, 0.3) is 0 Å². The Labute approximate surface area is 229 Å². The third kappa shape index (κ3) is 5.96. The summed E-state index contributed by atoms with van der Waals surface area (Å²) in [5.41, 5.74) is 4.30. The fourth-order valence-corrected chi connectivity index (χ4v) is 5.48. The number of hydrogen-bond donors (Lipinski definition) is 1. The molecule has 2 amide bonds. The van der Waals surface area contributed by atoms with E-state index in [9.17, 15) is 14.0 Å². The highest BCUT2D eigenvalue weighted by Gasteiger charge is 2.39. The van der Waals surface area contributed by atoms with Crippen molar-refractivity contribution in [1.82, 2.24) is 5.01 Å². The van der Waals surface area contributed by atoms with Crippen LogP contribution in [0.2, 0.25) is 0 Å². The number of nitrogens with zero attached hydrogens (tertiary/aromatic N) is 3. The summed E-state index contributed by atoms with van der Waals surface area (Å²) in [7, 11) is 3.05. The molecule has 0 spiro atoms. The molecule has 1 N–H and O–H groups in total. The monoisotopic (exact) mass is 546 g/mol. The minimum absolute atomic E-state index is 0.0698. The van der Waals surface area contributed by atoms with Crippen LogP contribution in [0.1, 0.15) is 35.6 Å². The maximum absolute atomic E-state index is 13.6. The van der Waals surface area contributed by atoms with Gasteiger partial charge in [-0.05, 0) is 30.2 Å². The second-order valence-electron chi connectivity index (χ2n) is 9.22. The molecule has 2 heterocycles. The van der Waals surface area contributed by atoms with Crippen LogP contribution in [0.5, 0.6) is 11.5 Å². The van der Waals surface area contributed by atoms with Gasteiger partial charge < -0.3 is 14.8 Å². The standard InChI is InChI=1S/C29H27FN4O4S/c1-17-4-6-18(7-5-17)24-15-25(19-8-10-20(30)11-9-19)34(33-24)29-32-28(36)26(39-29)16-27(35)31-21-12-22(37-2)14-23(13-21)38-3/h4-14,25-26H,15-16H2,1-3H3,(H,31,35)/t25-,26+/m1/s1. The van der Waals surface area contributed by atoms with E-state index in [-0.39, 0.29) is 24.2 Å². The average Bonchev–Trinajstić information content (AvgIpc) is 3.53. The molecule has 8 nitrogen and oxygen atoms in total. The zero-order valence-electron chi connectivity index (χ0n) is 21.7. The number of carbonyl (C=O) groups is 2. The van der Waals surface area contributed by atoms with Crippen LogP contribution in [-0.2, 0) is 9.59 Å². The van der Waals surface area contributed by atoms with E-state index in [0.29, 0.717) is 28.8 Å². The minimum Gasteiger partial charge on any atom is -0.497 e. The highest BCUT2D eigenvalue weighted by atomic mass is 32.2. The number of methoxy groups -OCH3 is 2. The van der Waals surface area contributed by atoms with Gasteiger partial charge in [-0.15, -0.1) is 0 Å². The lowest BCUT2D eigenvalue weighted by atomic mass is 9.98. The van der Waals surface area contributed by atoms with Gasteiger partial charge in [0.05, 0.1) is 26.0 Å². The van der Waals surface area contributed by atoms with Gasteiger partial charge in [-0.2, -0.15) is 10.1 Å². The summed E-state index contributed by atoms with van der Waals surface area (Å²) in [4.78, 5) is 30.0. The summed E-state index contributed by atoms with van der Waals surface area (Å²) in [6.45, 7) is 2.02. The number of amidine groups is 1. The van der Waals surface area contributed by atoms with Crippen LogP contribution in [0, 0.1) is 12.7 Å². The van der Waals surface area contributed by atoms with Gasteiger partial charge in [-0.1, -0.05) is 53.7 Å². The van der Waals surface area contributed by atoms with Crippen LogP contribution < -0.4 is 14.8 Å². The molecule has 10 heteroatoms. The highest BCUT2D eigenvalue weighted by Crippen LogP contribution is 2.39. The topological polar surface area (TPSA) is 92.6 Å². The van der Waals surface area contributed by atoms with Gasteiger partial charge >= 0.3 is 0 Å². The van der Waals surface area contributed by atoms with Crippen LogP contribution in [-0.4, -0.2) is 47.2 Å². The first-order valence-corrected chi connectivity index (χ1v) is 13.2. The van der Waals surface area contributed by atoms with E-state index in [0.717, 1.165) is 22.4 Å². The van der Waals surface area contributed by atoms with Crippen molar-refractivity contribution < 1.29 is 23.5 Å². The van der Waals surface area contributed by atoms with E-state index in [1.54, 1.807) is 35.3 Å². The van der Waals surface area contributed by atoms with E-state index in [1.165, 1.54) is 38.1 Å². The SMILES string of the molecule is COc1cc(NC(=O)C[C@@H]2SC(N3N=C(c4ccc(C)cc4)C[C@@H]3c3ccc(F)cc3)=NC2=O)cc(OC)c1. The third-order valence-corrected chi connectivity index (χ3v) is 7.62. The number of aliphatic imine (C=N–C) groups is 1. The Balaban J connectivity index is 1.33. The zero-order valence-corrected chi connectivity index (χ0v) is 22.5. The number of ether oxygens (including phenoxy) is 2. The molecule has 3 aromatic rings. The number of thioether (sulfide) groups is 1. The largest absolute Gasteiger partial charge is 0.497 e. The Morgan fingerprint density at radius 2 is 1.72 bits per heavy atom. The molecule has 39 heavy (non-hydrogen) atoms. The average molecular weight is 547 g/mol. The van der Waals surface area contributed by atoms with Crippen LogP contribution in [0.4, 0.5) is 10.1 Å². The molecule has 5 rings (SSSR count). The fraction of sp³-hybridized carbons (Fsp3) is 0.241. The first kappa shape index (κ1) is 26.4. The smallest absolute Gasteiger partial charge is 0.262 e. The van der Waals surface area contributed by atoms with Gasteiger partial charge in [0.15, 0.2) is 5.17 Å². The quantitative estimate of drug-likeness (QED) is 0.431. The second kappa shape index (κ2) is 11.3. The van der Waals surface area contributed by atoms with E-state index in [1.807, 2.05) is 31.2 Å². The predicted octanol–water partition coefficient (Wildman–Crippen LogP) is 5.33. The Hall–Kier alpha value is -4.18. The van der Waals surface area contributed by atoms with Crippen molar-refractivity contribution >= 4 is 40.1 Å². The molecule has 0 radical (unpaired) electrons. The lowest BCUT2D eigenvalue weighted by molar-refractivity contribution is -0.121. The predicted molar refractivity (Wildman–Crippen MR) is 150 cm³/mol. The lowest BCUT2D eigenvalue weighted by Gasteiger charge is -2.23. The molecule has 3 aromatic carbocycles. The molecule has 2 aliphatic heterocycles. The molecular formula is C29H27FN4O4S. The number of hydrazone groups is 1. The van der Waals surface area contributed by atoms with E-state index < -0.39 is 11.2 Å². The summed E-state index contributed by atoms with van der Waals surface area (Å²) in [6, 6.07) is 19.1.